The molecule has 0 N–H and O–H groups in total. The van der Waals surface area contributed by atoms with E-state index in [2.05, 4.69) is 50.2 Å². The Morgan fingerprint density at radius 2 is 1.90 bits per heavy atom. The fourth-order valence-corrected chi connectivity index (χ4v) is 7.36. The van der Waals surface area contributed by atoms with Crippen LogP contribution in [0, 0.1) is 35.8 Å². The molecule has 4 aromatic rings. The van der Waals surface area contributed by atoms with Gasteiger partial charge in [0.2, 0.25) is 0 Å². The minimum atomic E-state index is -0.922. The molecule has 0 radical (unpaired) electrons. The summed E-state index contributed by atoms with van der Waals surface area (Å²) in [6.07, 6.45) is 2.62. The fourth-order valence-electron chi connectivity index (χ4n) is 6.33. The Bertz CT molecular complexity index is 1840. The molecular formula is C38H48F3N5O2S. The molecule has 0 aliphatic carbocycles. The number of fused-ring (bicyclic) bond motifs is 2. The molecule has 2 aromatic carbocycles. The van der Waals surface area contributed by atoms with E-state index in [1.165, 1.54) is 36.5 Å². The number of anilines is 1. The molecule has 0 amide bonds. The summed E-state index contributed by atoms with van der Waals surface area (Å²) in [6.45, 7) is 16.1. The highest BCUT2D eigenvalue weighted by atomic mass is 32.1. The van der Waals surface area contributed by atoms with Gasteiger partial charge in [-0.15, -0.1) is 11.3 Å². The molecule has 3 unspecified atom stereocenters. The Kier molecular flexibility index (Phi) is 13.7. The summed E-state index contributed by atoms with van der Waals surface area (Å²) in [4.78, 5) is 23.8. The van der Waals surface area contributed by atoms with E-state index in [4.69, 9.17) is 9.72 Å². The number of hydrogen-bond acceptors (Lipinski definition) is 8. The molecule has 1 saturated heterocycles. The molecular weight excluding hydrogens is 648 g/mol. The van der Waals surface area contributed by atoms with E-state index >= 15 is 4.39 Å². The Balaban J connectivity index is 0.00000101. The molecule has 1 aliphatic heterocycles. The van der Waals surface area contributed by atoms with Gasteiger partial charge in [-0.3, -0.25) is 9.69 Å². The second-order valence-electron chi connectivity index (χ2n) is 12.5. The largest absolute Gasteiger partial charge is 0.462 e. The standard InChI is InChI=1S/C33H38F3N5OS.C4H6O.CH4/c1-7-9-27(18(3)4)41(8-2)32-24-11-10-23(22-12-13-26(35)31-28(22)25(15-37)19(5)43-31)29(36)30(24)38-33(39-32)42-17-21-14-20(34)16-40(21)6;1-3-4(2)5;/h10-13,18,20-21,27H,7-9,14,16-17H2,1-6H3;3H,1H2,2H3;1H4. The first-order valence-electron chi connectivity index (χ1n) is 16.4. The molecule has 49 heavy (non-hydrogen) atoms. The van der Waals surface area contributed by atoms with E-state index in [9.17, 15) is 18.8 Å². The lowest BCUT2D eigenvalue weighted by Crippen LogP contribution is -2.40. The third kappa shape index (κ3) is 8.42. The van der Waals surface area contributed by atoms with Crippen LogP contribution in [-0.4, -0.2) is 65.7 Å². The van der Waals surface area contributed by atoms with Crippen LogP contribution < -0.4 is 9.64 Å². The number of rotatable bonds is 11. The van der Waals surface area contributed by atoms with Crippen molar-refractivity contribution in [1.29, 1.82) is 5.26 Å². The Morgan fingerprint density at radius 1 is 1.22 bits per heavy atom. The summed E-state index contributed by atoms with van der Waals surface area (Å²) in [7, 11) is 1.86. The summed E-state index contributed by atoms with van der Waals surface area (Å²) in [6, 6.07) is 8.52. The van der Waals surface area contributed by atoms with Gasteiger partial charge in [0, 0.05) is 46.4 Å². The highest BCUT2D eigenvalue weighted by molar-refractivity contribution is 7.19. The van der Waals surface area contributed by atoms with E-state index < -0.39 is 17.8 Å². The molecule has 2 aromatic heterocycles. The number of aryl methyl sites for hydroxylation is 1. The number of hydrogen-bond donors (Lipinski definition) is 0. The highest BCUT2D eigenvalue weighted by Gasteiger charge is 2.31. The summed E-state index contributed by atoms with van der Waals surface area (Å²) < 4.78 is 51.9. The number of carbonyl (C=O) groups is 1. The Labute approximate surface area is 292 Å². The van der Waals surface area contributed by atoms with E-state index in [-0.39, 0.29) is 49.0 Å². The van der Waals surface area contributed by atoms with Crippen molar-refractivity contribution >= 4 is 43.9 Å². The van der Waals surface area contributed by atoms with Crippen LogP contribution in [0.15, 0.2) is 36.9 Å². The number of thiophene rings is 1. The number of alkyl halides is 1. The van der Waals surface area contributed by atoms with Crippen molar-refractivity contribution in [3.8, 4) is 23.2 Å². The van der Waals surface area contributed by atoms with Crippen LogP contribution in [0.3, 0.4) is 0 Å². The van der Waals surface area contributed by atoms with Gasteiger partial charge in [-0.05, 0) is 70.4 Å². The van der Waals surface area contributed by atoms with Crippen LogP contribution in [-0.2, 0) is 4.79 Å². The maximum Gasteiger partial charge on any atom is 0.319 e. The molecule has 0 spiro atoms. The second kappa shape index (κ2) is 17.1. The lowest BCUT2D eigenvalue weighted by Gasteiger charge is -2.35. The van der Waals surface area contributed by atoms with Crippen LogP contribution in [0.2, 0.25) is 0 Å². The minimum Gasteiger partial charge on any atom is -0.462 e. The molecule has 0 bridgehead atoms. The first-order valence-corrected chi connectivity index (χ1v) is 17.2. The van der Waals surface area contributed by atoms with Gasteiger partial charge in [0.1, 0.15) is 36.0 Å². The molecule has 3 atom stereocenters. The summed E-state index contributed by atoms with van der Waals surface area (Å²) in [5, 5.41) is 10.8. The van der Waals surface area contributed by atoms with Gasteiger partial charge in [0.15, 0.2) is 11.6 Å². The number of ketones is 1. The minimum absolute atomic E-state index is 0. The average Bonchev–Trinajstić information content (AvgIpc) is 3.57. The first-order chi connectivity index (χ1) is 22.9. The van der Waals surface area contributed by atoms with Crippen molar-refractivity contribution in [2.75, 3.05) is 31.6 Å². The predicted molar refractivity (Wildman–Crippen MR) is 195 cm³/mol. The summed E-state index contributed by atoms with van der Waals surface area (Å²) >= 11 is 1.19. The number of likely N-dealkylation sites (tertiary alicyclic amines) is 1. The van der Waals surface area contributed by atoms with Crippen molar-refractivity contribution in [3.05, 3.63) is 59.0 Å². The topological polar surface area (TPSA) is 82.4 Å². The van der Waals surface area contributed by atoms with E-state index in [1.807, 2.05) is 11.9 Å². The second-order valence-corrected chi connectivity index (χ2v) is 13.8. The zero-order valence-electron chi connectivity index (χ0n) is 28.7. The van der Waals surface area contributed by atoms with Gasteiger partial charge in [-0.25, -0.2) is 13.2 Å². The smallest absolute Gasteiger partial charge is 0.319 e. The zero-order chi connectivity index (χ0) is 35.3. The first kappa shape index (κ1) is 39.4. The van der Waals surface area contributed by atoms with Crippen molar-refractivity contribution in [2.24, 2.45) is 5.92 Å². The molecule has 1 aliphatic rings. The van der Waals surface area contributed by atoms with E-state index in [1.54, 1.807) is 19.1 Å². The number of likely N-dealkylation sites (N-methyl/N-ethyl adjacent to an activating group) is 1. The normalized spacial score (nSPS) is 16.5. The lowest BCUT2D eigenvalue weighted by atomic mass is 9.95. The molecule has 0 saturated carbocycles. The fraction of sp³-hybridized carbons (Fsp3) is 0.474. The van der Waals surface area contributed by atoms with Crippen molar-refractivity contribution in [3.63, 3.8) is 0 Å². The highest BCUT2D eigenvalue weighted by Crippen LogP contribution is 2.42. The van der Waals surface area contributed by atoms with Crippen molar-refractivity contribution in [1.82, 2.24) is 14.9 Å². The maximum atomic E-state index is 16.7. The third-order valence-electron chi connectivity index (χ3n) is 8.83. The molecule has 1 fully saturated rings. The van der Waals surface area contributed by atoms with Gasteiger partial charge in [-0.2, -0.15) is 15.2 Å². The average molecular weight is 696 g/mol. The van der Waals surface area contributed by atoms with Gasteiger partial charge in [0.25, 0.3) is 0 Å². The van der Waals surface area contributed by atoms with Gasteiger partial charge >= 0.3 is 6.01 Å². The third-order valence-corrected chi connectivity index (χ3v) is 9.95. The van der Waals surface area contributed by atoms with Gasteiger partial charge < -0.3 is 9.64 Å². The number of halogens is 3. The Hall–Kier alpha value is -4.01. The molecule has 264 valence electrons. The molecule has 3 heterocycles. The number of carbonyl (C=O) groups excluding carboxylic acids is 1. The number of benzene rings is 2. The van der Waals surface area contributed by atoms with Crippen LogP contribution in [0.25, 0.3) is 32.1 Å². The lowest BCUT2D eigenvalue weighted by molar-refractivity contribution is -0.112. The Morgan fingerprint density at radius 3 is 2.45 bits per heavy atom. The van der Waals surface area contributed by atoms with Crippen LogP contribution >= 0.6 is 11.3 Å². The van der Waals surface area contributed by atoms with Crippen molar-refractivity contribution < 1.29 is 22.7 Å². The number of ether oxygens (including phenoxy) is 1. The van der Waals surface area contributed by atoms with E-state index in [0.717, 1.165) is 12.8 Å². The number of nitrogens with zero attached hydrogens (tertiary/aromatic N) is 5. The molecule has 5 rings (SSSR count). The SMILES string of the molecule is C.C=CC(C)=O.CCCC(C(C)C)N(CC)c1nc(OCC2CC(F)CN2C)nc2c(F)c(-c3ccc(F)c4sc(C)c(C#N)c34)ccc12. The monoisotopic (exact) mass is 695 g/mol. The number of nitriles is 1. The van der Waals surface area contributed by atoms with Crippen LogP contribution in [0.4, 0.5) is 19.0 Å². The molecule has 7 nitrogen and oxygen atoms in total. The number of aromatic nitrogens is 2. The molecule has 11 heteroatoms. The van der Waals surface area contributed by atoms with Crippen LogP contribution in [0.5, 0.6) is 6.01 Å². The number of allylic oxidation sites excluding steroid dienone is 1. The van der Waals surface area contributed by atoms with E-state index in [0.29, 0.717) is 62.7 Å². The van der Waals surface area contributed by atoms with Gasteiger partial charge in [0.05, 0.1) is 10.3 Å². The summed E-state index contributed by atoms with van der Waals surface area (Å²) in [5.74, 6) is -0.134. The zero-order valence-corrected chi connectivity index (χ0v) is 29.6. The van der Waals surface area contributed by atoms with Crippen molar-refractivity contribution in [2.45, 2.75) is 86.5 Å². The predicted octanol–water partition coefficient (Wildman–Crippen LogP) is 9.44. The van der Waals surface area contributed by atoms with Gasteiger partial charge in [-0.1, -0.05) is 53.3 Å². The maximum absolute atomic E-state index is 16.7. The summed E-state index contributed by atoms with van der Waals surface area (Å²) in [5.41, 5.74) is 1.07. The van der Waals surface area contributed by atoms with Crippen LogP contribution in [0.1, 0.15) is 71.7 Å². The quantitative estimate of drug-likeness (QED) is 0.145.